The van der Waals surface area contributed by atoms with Gasteiger partial charge in [-0.3, -0.25) is 4.90 Å². The van der Waals surface area contributed by atoms with Gasteiger partial charge in [0.25, 0.3) is 0 Å². The van der Waals surface area contributed by atoms with E-state index in [1.807, 2.05) is 0 Å². The Labute approximate surface area is 108 Å². The van der Waals surface area contributed by atoms with Gasteiger partial charge in [0, 0.05) is 44.0 Å². The SMILES string of the molecule is Cc1nc(CCN2CCNCC2C(C)C)cs1. The average molecular weight is 253 g/mol. The summed E-state index contributed by atoms with van der Waals surface area (Å²) >= 11 is 1.76. The molecule has 1 aliphatic heterocycles. The zero-order valence-corrected chi connectivity index (χ0v) is 11.9. The van der Waals surface area contributed by atoms with Crippen LogP contribution in [0.4, 0.5) is 0 Å². The van der Waals surface area contributed by atoms with Gasteiger partial charge in [0.1, 0.15) is 0 Å². The van der Waals surface area contributed by atoms with Crippen LogP contribution in [0.25, 0.3) is 0 Å². The van der Waals surface area contributed by atoms with Crippen LogP contribution >= 0.6 is 11.3 Å². The largest absolute Gasteiger partial charge is 0.314 e. The van der Waals surface area contributed by atoms with Gasteiger partial charge in [-0.05, 0) is 12.8 Å². The first-order chi connectivity index (χ1) is 8.16. The van der Waals surface area contributed by atoms with E-state index in [1.165, 1.54) is 17.2 Å². The third kappa shape index (κ3) is 3.50. The van der Waals surface area contributed by atoms with Gasteiger partial charge in [0.15, 0.2) is 0 Å². The molecule has 1 saturated heterocycles. The molecule has 3 nitrogen and oxygen atoms in total. The highest BCUT2D eigenvalue weighted by Crippen LogP contribution is 2.14. The van der Waals surface area contributed by atoms with Crippen molar-refractivity contribution >= 4 is 11.3 Å². The molecule has 1 unspecified atom stereocenters. The van der Waals surface area contributed by atoms with E-state index in [4.69, 9.17) is 0 Å². The standard InChI is InChI=1S/C13H23N3S/c1-10(2)13-8-14-5-7-16(13)6-4-12-9-17-11(3)15-12/h9-10,13-14H,4-8H2,1-3H3. The molecule has 1 aromatic rings. The minimum atomic E-state index is 0.684. The first kappa shape index (κ1) is 13.0. The summed E-state index contributed by atoms with van der Waals surface area (Å²) < 4.78 is 0. The fraction of sp³-hybridized carbons (Fsp3) is 0.769. The Balaban J connectivity index is 1.88. The molecule has 0 spiro atoms. The molecule has 0 radical (unpaired) electrons. The summed E-state index contributed by atoms with van der Waals surface area (Å²) in [5.74, 6) is 0.722. The number of rotatable bonds is 4. The zero-order valence-electron chi connectivity index (χ0n) is 11.1. The second kappa shape index (κ2) is 5.94. The molecule has 96 valence electrons. The van der Waals surface area contributed by atoms with Crippen LogP contribution in [0.15, 0.2) is 5.38 Å². The Morgan fingerprint density at radius 1 is 1.59 bits per heavy atom. The molecule has 2 rings (SSSR count). The highest BCUT2D eigenvalue weighted by molar-refractivity contribution is 7.09. The van der Waals surface area contributed by atoms with Crippen molar-refractivity contribution in [3.05, 3.63) is 16.1 Å². The molecule has 4 heteroatoms. The summed E-state index contributed by atoms with van der Waals surface area (Å²) in [4.78, 5) is 7.16. The van der Waals surface area contributed by atoms with E-state index in [-0.39, 0.29) is 0 Å². The monoisotopic (exact) mass is 253 g/mol. The quantitative estimate of drug-likeness (QED) is 0.888. The molecule has 0 aliphatic carbocycles. The Hall–Kier alpha value is -0.450. The van der Waals surface area contributed by atoms with E-state index < -0.39 is 0 Å². The fourth-order valence-corrected chi connectivity index (χ4v) is 3.13. The number of hydrogen-bond donors (Lipinski definition) is 1. The van der Waals surface area contributed by atoms with Crippen LogP contribution in [0.2, 0.25) is 0 Å². The van der Waals surface area contributed by atoms with Crippen molar-refractivity contribution in [1.82, 2.24) is 15.2 Å². The number of piperazine rings is 1. The topological polar surface area (TPSA) is 28.2 Å². The van der Waals surface area contributed by atoms with Crippen molar-refractivity contribution in [2.75, 3.05) is 26.2 Å². The van der Waals surface area contributed by atoms with Crippen LogP contribution in [-0.2, 0) is 6.42 Å². The lowest BCUT2D eigenvalue weighted by Gasteiger charge is -2.38. The lowest BCUT2D eigenvalue weighted by atomic mass is 10.0. The molecule has 17 heavy (non-hydrogen) atoms. The average Bonchev–Trinajstić information content (AvgIpc) is 2.73. The molecule has 1 atom stereocenters. The Morgan fingerprint density at radius 2 is 2.41 bits per heavy atom. The zero-order chi connectivity index (χ0) is 12.3. The minimum absolute atomic E-state index is 0.684. The molecule has 1 fully saturated rings. The fourth-order valence-electron chi connectivity index (χ4n) is 2.48. The first-order valence-corrected chi connectivity index (χ1v) is 7.40. The molecule has 1 aromatic heterocycles. The number of thiazole rings is 1. The van der Waals surface area contributed by atoms with Crippen molar-refractivity contribution < 1.29 is 0 Å². The van der Waals surface area contributed by atoms with Gasteiger partial charge in [0.2, 0.25) is 0 Å². The number of nitrogens with zero attached hydrogens (tertiary/aromatic N) is 2. The van der Waals surface area contributed by atoms with Crippen molar-refractivity contribution in [1.29, 1.82) is 0 Å². The van der Waals surface area contributed by atoms with Gasteiger partial charge in [-0.2, -0.15) is 0 Å². The molecule has 1 aliphatic rings. The Bertz CT molecular complexity index is 348. The number of aromatic nitrogens is 1. The van der Waals surface area contributed by atoms with E-state index in [2.05, 4.69) is 41.4 Å². The Morgan fingerprint density at radius 3 is 3.06 bits per heavy atom. The summed E-state index contributed by atoms with van der Waals surface area (Å²) in [5.41, 5.74) is 1.26. The van der Waals surface area contributed by atoms with Gasteiger partial charge < -0.3 is 5.32 Å². The number of hydrogen-bond acceptors (Lipinski definition) is 4. The molecule has 0 aromatic carbocycles. The van der Waals surface area contributed by atoms with Crippen molar-refractivity contribution in [3.8, 4) is 0 Å². The lowest BCUT2D eigenvalue weighted by molar-refractivity contribution is 0.126. The van der Waals surface area contributed by atoms with Crippen molar-refractivity contribution in [2.45, 2.75) is 33.2 Å². The van der Waals surface area contributed by atoms with Gasteiger partial charge in [0.05, 0.1) is 10.7 Å². The second-order valence-electron chi connectivity index (χ2n) is 5.16. The Kier molecular flexibility index (Phi) is 4.54. The van der Waals surface area contributed by atoms with Crippen LogP contribution in [0.5, 0.6) is 0 Å². The third-order valence-corrected chi connectivity index (χ3v) is 4.31. The van der Waals surface area contributed by atoms with E-state index in [1.54, 1.807) is 11.3 Å². The molecule has 1 N–H and O–H groups in total. The summed E-state index contributed by atoms with van der Waals surface area (Å²) in [6.45, 7) is 11.3. The van der Waals surface area contributed by atoms with E-state index in [9.17, 15) is 0 Å². The first-order valence-electron chi connectivity index (χ1n) is 6.52. The highest BCUT2D eigenvalue weighted by Gasteiger charge is 2.24. The molecule has 0 saturated carbocycles. The van der Waals surface area contributed by atoms with E-state index in [0.717, 1.165) is 32.0 Å². The maximum Gasteiger partial charge on any atom is 0.0897 e. The summed E-state index contributed by atoms with van der Waals surface area (Å²) in [6.07, 6.45) is 1.09. The summed E-state index contributed by atoms with van der Waals surface area (Å²) in [7, 11) is 0. The lowest BCUT2D eigenvalue weighted by Crippen LogP contribution is -2.53. The summed E-state index contributed by atoms with van der Waals surface area (Å²) in [6, 6.07) is 0.684. The maximum absolute atomic E-state index is 4.54. The second-order valence-corrected chi connectivity index (χ2v) is 6.22. The van der Waals surface area contributed by atoms with Crippen LogP contribution in [0, 0.1) is 12.8 Å². The molecule has 2 heterocycles. The third-order valence-electron chi connectivity index (χ3n) is 3.49. The summed E-state index contributed by atoms with van der Waals surface area (Å²) in [5, 5.41) is 6.87. The predicted octanol–water partition coefficient (Wildman–Crippen LogP) is 1.92. The smallest absolute Gasteiger partial charge is 0.0897 e. The van der Waals surface area contributed by atoms with Crippen molar-refractivity contribution in [3.63, 3.8) is 0 Å². The van der Waals surface area contributed by atoms with Crippen LogP contribution < -0.4 is 5.32 Å². The minimum Gasteiger partial charge on any atom is -0.314 e. The number of nitrogens with one attached hydrogen (secondary N) is 1. The van der Waals surface area contributed by atoms with Crippen LogP contribution in [0.3, 0.4) is 0 Å². The predicted molar refractivity (Wildman–Crippen MR) is 73.6 cm³/mol. The van der Waals surface area contributed by atoms with E-state index >= 15 is 0 Å². The van der Waals surface area contributed by atoms with Gasteiger partial charge >= 0.3 is 0 Å². The van der Waals surface area contributed by atoms with Crippen molar-refractivity contribution in [2.24, 2.45) is 5.92 Å². The molecular weight excluding hydrogens is 230 g/mol. The van der Waals surface area contributed by atoms with Gasteiger partial charge in [-0.1, -0.05) is 13.8 Å². The number of aryl methyl sites for hydroxylation is 1. The molecule has 0 amide bonds. The normalized spacial score (nSPS) is 22.2. The maximum atomic E-state index is 4.54. The van der Waals surface area contributed by atoms with Gasteiger partial charge in [-0.25, -0.2) is 4.98 Å². The van der Waals surface area contributed by atoms with Crippen LogP contribution in [0.1, 0.15) is 24.5 Å². The highest BCUT2D eigenvalue weighted by atomic mass is 32.1. The van der Waals surface area contributed by atoms with E-state index in [0.29, 0.717) is 6.04 Å². The van der Waals surface area contributed by atoms with Gasteiger partial charge in [-0.15, -0.1) is 11.3 Å². The molecule has 0 bridgehead atoms. The van der Waals surface area contributed by atoms with Crippen LogP contribution in [-0.4, -0.2) is 42.1 Å². The molecular formula is C13H23N3S.